The Labute approximate surface area is 53.9 Å². The smallest absolute Gasteiger partial charge is 0.122 e. The lowest BCUT2D eigenvalue weighted by molar-refractivity contribution is -0.214. The molecule has 2 unspecified atom stereocenters. The molecule has 2 atom stereocenters. The predicted molar refractivity (Wildman–Crippen MR) is 30.6 cm³/mol. The maximum Gasteiger partial charge on any atom is 0.122 e. The minimum absolute atomic E-state index is 0.325. The predicted octanol–water partition coefficient (Wildman–Crippen LogP) is 1.31. The highest BCUT2D eigenvalue weighted by atomic mass is 19.3. The van der Waals surface area contributed by atoms with Gasteiger partial charge in [0.1, 0.15) is 6.10 Å². The van der Waals surface area contributed by atoms with E-state index in [1.165, 1.54) is 0 Å². The van der Waals surface area contributed by atoms with E-state index in [2.05, 4.69) is 4.94 Å². The molecular formula is C6H11FO2. The highest BCUT2D eigenvalue weighted by Crippen LogP contribution is 2.15. The van der Waals surface area contributed by atoms with Gasteiger partial charge in [0.15, 0.2) is 0 Å². The molecule has 1 rings (SSSR count). The summed E-state index contributed by atoms with van der Waals surface area (Å²) in [6, 6.07) is 0. The second-order valence-corrected chi connectivity index (χ2v) is 2.59. The summed E-state index contributed by atoms with van der Waals surface area (Å²) >= 11 is 0. The summed E-state index contributed by atoms with van der Waals surface area (Å²) in [5, 5.41) is 0. The zero-order valence-electron chi connectivity index (χ0n) is 5.47. The lowest BCUT2D eigenvalue weighted by atomic mass is 10.0. The Bertz CT molecular complexity index is 87.1. The molecule has 0 amide bonds. The highest BCUT2D eigenvalue weighted by Gasteiger charge is 2.20. The zero-order chi connectivity index (χ0) is 6.69. The average Bonchev–Trinajstić information content (AvgIpc) is 1.88. The minimum atomic E-state index is -0.325. The van der Waals surface area contributed by atoms with Crippen LogP contribution >= 0.6 is 0 Å². The average molecular weight is 134 g/mol. The van der Waals surface area contributed by atoms with E-state index in [0.29, 0.717) is 12.5 Å². The largest absolute Gasteiger partial charge is 0.378 e. The Morgan fingerprint density at radius 1 is 1.56 bits per heavy atom. The van der Waals surface area contributed by atoms with E-state index in [4.69, 9.17) is 4.74 Å². The van der Waals surface area contributed by atoms with Crippen LogP contribution in [-0.4, -0.2) is 19.3 Å². The van der Waals surface area contributed by atoms with Crippen LogP contribution in [0, 0.1) is 5.92 Å². The summed E-state index contributed by atoms with van der Waals surface area (Å²) < 4.78 is 16.5. The van der Waals surface area contributed by atoms with E-state index in [0.717, 1.165) is 13.0 Å². The monoisotopic (exact) mass is 134 g/mol. The van der Waals surface area contributed by atoms with Crippen LogP contribution in [0.3, 0.4) is 0 Å². The fourth-order valence-electron chi connectivity index (χ4n) is 1.05. The standard InChI is InChI=1S/C6H11FO2/c1-5-2-6(9-7)4-8-3-5/h5-6H,2-4H2,1H3. The van der Waals surface area contributed by atoms with Gasteiger partial charge in [-0.2, -0.15) is 4.94 Å². The third kappa shape index (κ3) is 1.91. The van der Waals surface area contributed by atoms with Crippen molar-refractivity contribution in [3.8, 4) is 0 Å². The van der Waals surface area contributed by atoms with Gasteiger partial charge in [-0.1, -0.05) is 6.92 Å². The van der Waals surface area contributed by atoms with Crippen LogP contribution < -0.4 is 0 Å². The van der Waals surface area contributed by atoms with Crippen LogP contribution in [0.5, 0.6) is 0 Å². The summed E-state index contributed by atoms with van der Waals surface area (Å²) in [5.41, 5.74) is 0. The van der Waals surface area contributed by atoms with Gasteiger partial charge in [0, 0.05) is 6.61 Å². The molecule has 0 aliphatic carbocycles. The van der Waals surface area contributed by atoms with E-state index in [9.17, 15) is 4.53 Å². The van der Waals surface area contributed by atoms with Gasteiger partial charge in [0.25, 0.3) is 0 Å². The summed E-state index contributed by atoms with van der Waals surface area (Å²) in [6.45, 7) is 3.16. The molecule has 0 saturated carbocycles. The Kier molecular flexibility index (Phi) is 2.42. The second kappa shape index (κ2) is 3.13. The van der Waals surface area contributed by atoms with E-state index in [-0.39, 0.29) is 6.10 Å². The summed E-state index contributed by atoms with van der Waals surface area (Å²) in [6.07, 6.45) is 0.449. The number of halogens is 1. The van der Waals surface area contributed by atoms with Crippen molar-refractivity contribution in [1.82, 2.24) is 0 Å². The van der Waals surface area contributed by atoms with Crippen LogP contribution in [0.4, 0.5) is 4.53 Å². The van der Waals surface area contributed by atoms with Crippen molar-refractivity contribution in [3.05, 3.63) is 0 Å². The maximum absolute atomic E-state index is 11.5. The lowest BCUT2D eigenvalue weighted by Crippen LogP contribution is -2.28. The molecule has 0 aromatic carbocycles. The third-order valence-electron chi connectivity index (χ3n) is 1.50. The van der Waals surface area contributed by atoms with Gasteiger partial charge in [-0.05, 0) is 16.9 Å². The highest BCUT2D eigenvalue weighted by molar-refractivity contribution is 4.65. The SMILES string of the molecule is CC1COCC(OF)C1. The zero-order valence-corrected chi connectivity index (χ0v) is 5.47. The Morgan fingerprint density at radius 3 is 2.78 bits per heavy atom. The Balaban J connectivity index is 2.23. The molecule has 3 heteroatoms. The van der Waals surface area contributed by atoms with Crippen LogP contribution in [0.25, 0.3) is 0 Å². The van der Waals surface area contributed by atoms with Gasteiger partial charge >= 0.3 is 0 Å². The van der Waals surface area contributed by atoms with Gasteiger partial charge < -0.3 is 4.74 Å². The first kappa shape index (κ1) is 6.96. The molecule has 1 heterocycles. The van der Waals surface area contributed by atoms with Crippen molar-refractivity contribution in [2.75, 3.05) is 13.2 Å². The third-order valence-corrected chi connectivity index (χ3v) is 1.50. The topological polar surface area (TPSA) is 18.5 Å². The van der Waals surface area contributed by atoms with Crippen molar-refractivity contribution < 1.29 is 14.2 Å². The molecule has 0 spiro atoms. The van der Waals surface area contributed by atoms with Gasteiger partial charge in [0.2, 0.25) is 0 Å². The van der Waals surface area contributed by atoms with Gasteiger partial charge in [-0.25, -0.2) is 0 Å². The molecule has 0 radical (unpaired) electrons. The molecule has 54 valence electrons. The lowest BCUT2D eigenvalue weighted by Gasteiger charge is -2.23. The molecule has 1 aliphatic rings. The van der Waals surface area contributed by atoms with Crippen LogP contribution in [0.2, 0.25) is 0 Å². The van der Waals surface area contributed by atoms with Crippen LogP contribution in [-0.2, 0) is 9.68 Å². The molecular weight excluding hydrogens is 123 g/mol. The molecule has 1 aliphatic heterocycles. The number of hydrogen-bond acceptors (Lipinski definition) is 2. The first-order valence-corrected chi connectivity index (χ1v) is 3.18. The van der Waals surface area contributed by atoms with Crippen LogP contribution in [0.1, 0.15) is 13.3 Å². The molecule has 1 saturated heterocycles. The maximum atomic E-state index is 11.5. The quantitative estimate of drug-likeness (QED) is 0.538. The first-order valence-electron chi connectivity index (χ1n) is 3.18. The van der Waals surface area contributed by atoms with E-state index in [1.807, 2.05) is 6.92 Å². The van der Waals surface area contributed by atoms with E-state index < -0.39 is 0 Å². The summed E-state index contributed by atoms with van der Waals surface area (Å²) in [4.78, 5) is 3.64. The van der Waals surface area contributed by atoms with Crippen molar-refractivity contribution in [2.45, 2.75) is 19.4 Å². The number of rotatable bonds is 1. The molecule has 0 N–H and O–H groups in total. The fraction of sp³-hybridized carbons (Fsp3) is 1.00. The van der Waals surface area contributed by atoms with E-state index in [1.54, 1.807) is 0 Å². The number of ether oxygens (including phenoxy) is 1. The Morgan fingerprint density at radius 2 is 2.33 bits per heavy atom. The first-order chi connectivity index (χ1) is 4.33. The summed E-state index contributed by atoms with van der Waals surface area (Å²) in [5.74, 6) is 0.430. The summed E-state index contributed by atoms with van der Waals surface area (Å²) in [7, 11) is 0. The van der Waals surface area contributed by atoms with Gasteiger partial charge in [0.05, 0.1) is 6.61 Å². The van der Waals surface area contributed by atoms with Crippen molar-refractivity contribution in [1.29, 1.82) is 0 Å². The van der Waals surface area contributed by atoms with Crippen LogP contribution in [0.15, 0.2) is 0 Å². The second-order valence-electron chi connectivity index (χ2n) is 2.59. The van der Waals surface area contributed by atoms with Crippen molar-refractivity contribution in [3.63, 3.8) is 0 Å². The van der Waals surface area contributed by atoms with E-state index >= 15 is 0 Å². The normalized spacial score (nSPS) is 36.7. The van der Waals surface area contributed by atoms with Crippen molar-refractivity contribution in [2.24, 2.45) is 5.92 Å². The molecule has 0 aromatic heterocycles. The molecule has 0 aromatic rings. The van der Waals surface area contributed by atoms with Gasteiger partial charge in [-0.3, -0.25) is 0 Å². The molecule has 9 heavy (non-hydrogen) atoms. The number of hydrogen-bond donors (Lipinski definition) is 0. The van der Waals surface area contributed by atoms with Gasteiger partial charge in [-0.15, -0.1) is 0 Å². The Hall–Kier alpha value is -0.150. The molecule has 1 fully saturated rings. The minimum Gasteiger partial charge on any atom is -0.378 e. The molecule has 2 nitrogen and oxygen atoms in total. The van der Waals surface area contributed by atoms with Crippen molar-refractivity contribution >= 4 is 0 Å². The molecule has 0 bridgehead atoms. The fourth-order valence-corrected chi connectivity index (χ4v) is 1.05.